The van der Waals surface area contributed by atoms with Gasteiger partial charge in [-0.3, -0.25) is 4.79 Å². The van der Waals surface area contributed by atoms with E-state index < -0.39 is 0 Å². The third-order valence-electron chi connectivity index (χ3n) is 2.66. The molecule has 0 aliphatic heterocycles. The molecule has 0 aliphatic rings. The van der Waals surface area contributed by atoms with Crippen LogP contribution in [0.4, 0.5) is 0 Å². The van der Waals surface area contributed by atoms with Crippen molar-refractivity contribution in [2.45, 2.75) is 26.9 Å². The van der Waals surface area contributed by atoms with Gasteiger partial charge < -0.3 is 14.7 Å². The van der Waals surface area contributed by atoms with Crippen LogP contribution in [-0.4, -0.2) is 42.2 Å². The Balaban J connectivity index is 2.63. The highest BCUT2D eigenvalue weighted by molar-refractivity contribution is 5.95. The van der Waals surface area contributed by atoms with E-state index >= 15 is 0 Å². The normalized spacial score (nSPS) is 10.7. The molecule has 0 aromatic heterocycles. The first kappa shape index (κ1) is 14.5. The van der Waals surface area contributed by atoms with E-state index in [1.807, 2.05) is 20.8 Å². The lowest BCUT2D eigenvalue weighted by atomic mass is 10.1. The number of carbonyl (C=O) groups excluding carboxylic acids is 1. The van der Waals surface area contributed by atoms with Crippen LogP contribution in [-0.2, 0) is 4.74 Å². The molecule has 0 atom stereocenters. The van der Waals surface area contributed by atoms with Crippen LogP contribution in [0.25, 0.3) is 0 Å². The molecule has 0 spiro atoms. The first-order valence-electron chi connectivity index (χ1n) is 6.08. The maximum absolute atomic E-state index is 12.1. The van der Waals surface area contributed by atoms with Gasteiger partial charge in [-0.05, 0) is 44.5 Å². The summed E-state index contributed by atoms with van der Waals surface area (Å²) < 4.78 is 5.41. The van der Waals surface area contributed by atoms with Crippen molar-refractivity contribution in [3.63, 3.8) is 0 Å². The zero-order valence-electron chi connectivity index (χ0n) is 11.4. The quantitative estimate of drug-likeness (QED) is 0.872. The zero-order valence-corrected chi connectivity index (χ0v) is 11.4. The second-order valence-electron chi connectivity index (χ2n) is 4.65. The number of ether oxygens (including phenoxy) is 1. The third kappa shape index (κ3) is 4.04. The molecule has 0 saturated heterocycles. The Morgan fingerprint density at radius 1 is 1.44 bits per heavy atom. The Hall–Kier alpha value is -1.55. The summed E-state index contributed by atoms with van der Waals surface area (Å²) in [5, 5.41) is 9.32. The molecule has 0 fully saturated rings. The largest absolute Gasteiger partial charge is 0.508 e. The number of hydrogen-bond donors (Lipinski definition) is 1. The van der Waals surface area contributed by atoms with Gasteiger partial charge in [0, 0.05) is 19.2 Å². The molecule has 0 bridgehead atoms. The fourth-order valence-electron chi connectivity index (χ4n) is 1.62. The maximum Gasteiger partial charge on any atom is 0.253 e. The molecule has 100 valence electrons. The molecule has 1 amide bonds. The van der Waals surface area contributed by atoms with Gasteiger partial charge in [0.2, 0.25) is 0 Å². The fourth-order valence-corrected chi connectivity index (χ4v) is 1.62. The molecule has 0 aliphatic carbocycles. The van der Waals surface area contributed by atoms with Gasteiger partial charge in [-0.2, -0.15) is 0 Å². The average molecular weight is 251 g/mol. The van der Waals surface area contributed by atoms with Gasteiger partial charge in [0.1, 0.15) is 5.75 Å². The van der Waals surface area contributed by atoms with Gasteiger partial charge in [0.15, 0.2) is 0 Å². The Labute approximate surface area is 108 Å². The number of amides is 1. The molecule has 0 heterocycles. The number of rotatable bonds is 5. The predicted molar refractivity (Wildman–Crippen MR) is 70.9 cm³/mol. The van der Waals surface area contributed by atoms with Crippen LogP contribution >= 0.6 is 0 Å². The molecule has 0 unspecified atom stereocenters. The summed E-state index contributed by atoms with van der Waals surface area (Å²) in [6, 6.07) is 4.76. The summed E-state index contributed by atoms with van der Waals surface area (Å²) in [5.41, 5.74) is 1.39. The first-order valence-corrected chi connectivity index (χ1v) is 6.08. The van der Waals surface area contributed by atoms with Crippen LogP contribution < -0.4 is 0 Å². The molecule has 0 saturated carbocycles. The lowest BCUT2D eigenvalue weighted by Crippen LogP contribution is -2.31. The van der Waals surface area contributed by atoms with Gasteiger partial charge in [-0.15, -0.1) is 0 Å². The zero-order chi connectivity index (χ0) is 13.7. The van der Waals surface area contributed by atoms with E-state index in [4.69, 9.17) is 4.74 Å². The van der Waals surface area contributed by atoms with Crippen molar-refractivity contribution in [2.75, 3.05) is 20.2 Å². The average Bonchev–Trinajstić information content (AvgIpc) is 2.27. The molecule has 1 aromatic carbocycles. The summed E-state index contributed by atoms with van der Waals surface area (Å²) in [5.74, 6) is 0.120. The number of aryl methyl sites for hydroxylation is 1. The summed E-state index contributed by atoms with van der Waals surface area (Å²) in [6.07, 6.45) is 0.170. The number of likely N-dealkylation sites (N-methyl/N-ethyl adjacent to an activating group) is 1. The van der Waals surface area contributed by atoms with Gasteiger partial charge in [-0.1, -0.05) is 0 Å². The van der Waals surface area contributed by atoms with Crippen molar-refractivity contribution in [3.05, 3.63) is 29.3 Å². The van der Waals surface area contributed by atoms with Crippen molar-refractivity contribution in [1.29, 1.82) is 0 Å². The van der Waals surface area contributed by atoms with E-state index in [2.05, 4.69) is 0 Å². The Bertz CT molecular complexity index is 416. The number of nitrogens with zero attached hydrogens (tertiary/aromatic N) is 1. The van der Waals surface area contributed by atoms with Crippen molar-refractivity contribution in [2.24, 2.45) is 0 Å². The summed E-state index contributed by atoms with van der Waals surface area (Å²) in [7, 11) is 1.75. The smallest absolute Gasteiger partial charge is 0.253 e. The first-order chi connectivity index (χ1) is 8.41. The number of phenolic OH excluding ortho intramolecular Hbond substituents is 1. The Kier molecular flexibility index (Phi) is 5.16. The number of phenols is 1. The standard InChI is InChI=1S/C14H21NO3/c1-10(2)18-8-7-15(4)14(17)13-6-5-12(16)9-11(13)3/h5-6,9-10,16H,7-8H2,1-4H3. The molecular formula is C14H21NO3. The number of benzene rings is 1. The molecular weight excluding hydrogens is 230 g/mol. The van der Waals surface area contributed by atoms with Crippen molar-refractivity contribution in [3.8, 4) is 5.75 Å². The third-order valence-corrected chi connectivity index (χ3v) is 2.66. The second-order valence-corrected chi connectivity index (χ2v) is 4.65. The van der Waals surface area contributed by atoms with E-state index in [0.717, 1.165) is 5.56 Å². The second kappa shape index (κ2) is 6.40. The summed E-state index contributed by atoms with van der Waals surface area (Å²) >= 11 is 0. The number of aromatic hydroxyl groups is 1. The van der Waals surface area contributed by atoms with Gasteiger partial charge >= 0.3 is 0 Å². The van der Waals surface area contributed by atoms with Crippen LogP contribution in [0.5, 0.6) is 5.75 Å². The van der Waals surface area contributed by atoms with Gasteiger partial charge in [0.25, 0.3) is 5.91 Å². The minimum atomic E-state index is -0.0557. The van der Waals surface area contributed by atoms with E-state index in [-0.39, 0.29) is 17.8 Å². The monoisotopic (exact) mass is 251 g/mol. The molecule has 0 radical (unpaired) electrons. The van der Waals surface area contributed by atoms with E-state index in [1.54, 1.807) is 24.1 Å². The topological polar surface area (TPSA) is 49.8 Å². The highest BCUT2D eigenvalue weighted by Crippen LogP contribution is 2.16. The van der Waals surface area contributed by atoms with Crippen molar-refractivity contribution in [1.82, 2.24) is 4.90 Å². The van der Waals surface area contributed by atoms with Crippen LogP contribution in [0.15, 0.2) is 18.2 Å². The number of carbonyl (C=O) groups is 1. The number of hydrogen-bond acceptors (Lipinski definition) is 3. The van der Waals surface area contributed by atoms with Crippen molar-refractivity contribution >= 4 is 5.91 Å². The fraction of sp³-hybridized carbons (Fsp3) is 0.500. The molecule has 1 N–H and O–H groups in total. The van der Waals surface area contributed by atoms with E-state index in [0.29, 0.717) is 18.7 Å². The van der Waals surface area contributed by atoms with Crippen LogP contribution in [0.2, 0.25) is 0 Å². The summed E-state index contributed by atoms with van der Waals surface area (Å²) in [6.45, 7) is 6.82. The van der Waals surface area contributed by atoms with Gasteiger partial charge in [-0.25, -0.2) is 0 Å². The lowest BCUT2D eigenvalue weighted by molar-refractivity contribution is 0.0531. The van der Waals surface area contributed by atoms with Crippen LogP contribution in [0.3, 0.4) is 0 Å². The highest BCUT2D eigenvalue weighted by Gasteiger charge is 2.14. The molecule has 4 heteroatoms. The van der Waals surface area contributed by atoms with Crippen molar-refractivity contribution < 1.29 is 14.6 Å². The molecule has 4 nitrogen and oxygen atoms in total. The Morgan fingerprint density at radius 2 is 2.11 bits per heavy atom. The van der Waals surface area contributed by atoms with Crippen LogP contribution in [0, 0.1) is 6.92 Å². The van der Waals surface area contributed by atoms with Crippen LogP contribution in [0.1, 0.15) is 29.8 Å². The lowest BCUT2D eigenvalue weighted by Gasteiger charge is -2.19. The van der Waals surface area contributed by atoms with E-state index in [9.17, 15) is 9.90 Å². The van der Waals surface area contributed by atoms with E-state index in [1.165, 1.54) is 6.07 Å². The molecule has 18 heavy (non-hydrogen) atoms. The molecule has 1 rings (SSSR count). The summed E-state index contributed by atoms with van der Waals surface area (Å²) in [4.78, 5) is 13.8. The minimum Gasteiger partial charge on any atom is -0.508 e. The molecule has 1 aromatic rings. The predicted octanol–water partition coefficient (Wildman–Crippen LogP) is 2.20. The highest BCUT2D eigenvalue weighted by atomic mass is 16.5. The SMILES string of the molecule is Cc1cc(O)ccc1C(=O)N(C)CCOC(C)C. The minimum absolute atomic E-state index is 0.0557. The van der Waals surface area contributed by atoms with Gasteiger partial charge in [0.05, 0.1) is 12.7 Å². The Morgan fingerprint density at radius 3 is 2.67 bits per heavy atom. The maximum atomic E-state index is 12.1.